The van der Waals surface area contributed by atoms with E-state index in [2.05, 4.69) is 15.5 Å². The number of anilines is 2. The summed E-state index contributed by atoms with van der Waals surface area (Å²) < 4.78 is 32.3. The van der Waals surface area contributed by atoms with Crippen molar-refractivity contribution in [2.24, 2.45) is 5.41 Å². The van der Waals surface area contributed by atoms with Crippen LogP contribution >= 0.6 is 0 Å². The van der Waals surface area contributed by atoms with Gasteiger partial charge in [0.2, 0.25) is 5.91 Å². The lowest BCUT2D eigenvalue weighted by Crippen LogP contribution is -2.31. The maximum atomic E-state index is 13.1. The van der Waals surface area contributed by atoms with E-state index in [0.717, 1.165) is 4.31 Å². The summed E-state index contributed by atoms with van der Waals surface area (Å²) in [4.78, 5) is 12.3. The van der Waals surface area contributed by atoms with E-state index in [1.54, 1.807) is 26.8 Å². The van der Waals surface area contributed by atoms with Crippen molar-refractivity contribution in [2.75, 3.05) is 23.8 Å². The number of methoxy groups -OCH3 is 1. The first kappa shape index (κ1) is 19.6. The third kappa shape index (κ3) is 4.10. The van der Waals surface area contributed by atoms with Gasteiger partial charge in [0.1, 0.15) is 10.6 Å². The van der Waals surface area contributed by atoms with Crippen LogP contribution in [0.5, 0.6) is 5.75 Å². The number of rotatable bonds is 5. The van der Waals surface area contributed by atoms with Crippen molar-refractivity contribution in [1.82, 2.24) is 10.2 Å². The van der Waals surface area contributed by atoms with E-state index in [4.69, 9.17) is 4.74 Å². The van der Waals surface area contributed by atoms with E-state index in [9.17, 15) is 13.2 Å². The highest BCUT2D eigenvalue weighted by Gasteiger charge is 2.29. The fourth-order valence-corrected chi connectivity index (χ4v) is 3.27. The number of carbonyl (C=O) groups is 1. The van der Waals surface area contributed by atoms with Gasteiger partial charge in [0.05, 0.1) is 12.8 Å². The molecule has 0 saturated carbocycles. The van der Waals surface area contributed by atoms with E-state index in [0.29, 0.717) is 5.75 Å². The second kappa shape index (κ2) is 7.28. The van der Waals surface area contributed by atoms with Gasteiger partial charge in [-0.2, -0.15) is 5.10 Å². The number of amides is 1. The molecule has 26 heavy (non-hydrogen) atoms. The molecule has 0 atom stereocenters. The van der Waals surface area contributed by atoms with Gasteiger partial charge in [-0.3, -0.25) is 9.10 Å². The van der Waals surface area contributed by atoms with E-state index >= 15 is 0 Å². The van der Waals surface area contributed by atoms with Crippen LogP contribution in [0.1, 0.15) is 20.8 Å². The average molecular weight is 378 g/mol. The number of ether oxygens (including phenoxy) is 1. The monoisotopic (exact) mass is 378 g/mol. The molecule has 0 fully saturated rings. The topological polar surface area (TPSA) is 101 Å². The number of carbonyl (C=O) groups excluding carboxylic acids is 1. The van der Waals surface area contributed by atoms with Gasteiger partial charge in [0.15, 0.2) is 5.82 Å². The molecule has 0 unspecified atom stereocenters. The Morgan fingerprint density at radius 1 is 1.23 bits per heavy atom. The van der Waals surface area contributed by atoms with Gasteiger partial charge in [-0.15, -0.1) is 5.10 Å². The Kier molecular flexibility index (Phi) is 5.50. The zero-order valence-corrected chi connectivity index (χ0v) is 16.2. The molecule has 0 aliphatic heterocycles. The maximum Gasteiger partial charge on any atom is 0.267 e. The van der Waals surface area contributed by atoms with Crippen molar-refractivity contribution in [3.63, 3.8) is 0 Å². The minimum absolute atomic E-state index is 0.0657. The zero-order valence-electron chi connectivity index (χ0n) is 15.3. The molecule has 0 radical (unpaired) electrons. The number of nitrogens with zero attached hydrogens (tertiary/aromatic N) is 3. The highest BCUT2D eigenvalue weighted by atomic mass is 32.2. The molecule has 1 heterocycles. The molecule has 0 saturated heterocycles. The molecule has 9 heteroatoms. The Hall–Kier alpha value is -2.68. The van der Waals surface area contributed by atoms with Crippen LogP contribution in [0.2, 0.25) is 0 Å². The molecule has 0 bridgehead atoms. The smallest absolute Gasteiger partial charge is 0.267 e. The maximum absolute atomic E-state index is 13.1. The van der Waals surface area contributed by atoms with Crippen LogP contribution in [0.4, 0.5) is 11.5 Å². The minimum atomic E-state index is -3.98. The summed E-state index contributed by atoms with van der Waals surface area (Å²) in [5.74, 6) is 0.274. The number of benzene rings is 1. The van der Waals surface area contributed by atoms with Crippen molar-refractivity contribution in [1.29, 1.82) is 0 Å². The highest BCUT2D eigenvalue weighted by molar-refractivity contribution is 7.93. The third-order valence-corrected chi connectivity index (χ3v) is 5.46. The predicted octanol–water partition coefficient (Wildman–Crippen LogP) is 2.29. The Bertz CT molecular complexity index is 893. The normalized spacial score (nSPS) is 11.7. The summed E-state index contributed by atoms with van der Waals surface area (Å²) in [5, 5.41) is 10.2. The first-order valence-electron chi connectivity index (χ1n) is 7.83. The molecule has 0 spiro atoms. The predicted molar refractivity (Wildman–Crippen MR) is 98.7 cm³/mol. The number of hydrogen-bond acceptors (Lipinski definition) is 6. The quantitative estimate of drug-likeness (QED) is 0.857. The largest absolute Gasteiger partial charge is 0.497 e. The third-order valence-electron chi connectivity index (χ3n) is 3.64. The first-order valence-corrected chi connectivity index (χ1v) is 9.27. The van der Waals surface area contributed by atoms with Crippen molar-refractivity contribution in [2.45, 2.75) is 25.7 Å². The fraction of sp³-hybridized carbons (Fsp3) is 0.353. The number of nitrogens with one attached hydrogen (secondary N) is 1. The van der Waals surface area contributed by atoms with Crippen molar-refractivity contribution < 1.29 is 17.9 Å². The molecule has 2 aromatic rings. The summed E-state index contributed by atoms with van der Waals surface area (Å²) in [6, 6.07) is 7.50. The van der Waals surface area contributed by atoms with Gasteiger partial charge in [-0.1, -0.05) is 20.8 Å². The molecular weight excluding hydrogens is 356 g/mol. The zero-order chi connectivity index (χ0) is 19.5. The van der Waals surface area contributed by atoms with Gasteiger partial charge >= 0.3 is 0 Å². The van der Waals surface area contributed by atoms with Gasteiger partial charge in [-0.25, -0.2) is 8.42 Å². The van der Waals surface area contributed by atoms with E-state index in [-0.39, 0.29) is 22.3 Å². The van der Waals surface area contributed by atoms with Crippen molar-refractivity contribution in [3.05, 3.63) is 36.5 Å². The van der Waals surface area contributed by atoms with E-state index < -0.39 is 15.4 Å². The van der Waals surface area contributed by atoms with E-state index in [1.165, 1.54) is 44.6 Å². The van der Waals surface area contributed by atoms with Crippen LogP contribution in [-0.2, 0) is 14.8 Å². The molecular formula is C17H22N4O4S. The summed E-state index contributed by atoms with van der Waals surface area (Å²) in [6.45, 7) is 5.22. The Labute approximate surface area is 153 Å². The number of aromatic nitrogens is 2. The Morgan fingerprint density at radius 3 is 2.46 bits per heavy atom. The number of hydrogen-bond donors (Lipinski definition) is 1. The Morgan fingerprint density at radius 2 is 1.92 bits per heavy atom. The molecule has 8 nitrogen and oxygen atoms in total. The average Bonchev–Trinajstić information content (AvgIpc) is 2.60. The summed E-state index contributed by atoms with van der Waals surface area (Å²) >= 11 is 0. The van der Waals surface area contributed by atoms with Crippen molar-refractivity contribution in [3.8, 4) is 5.75 Å². The highest BCUT2D eigenvalue weighted by Crippen LogP contribution is 2.31. The fourth-order valence-electron chi connectivity index (χ4n) is 2.00. The second-order valence-corrected chi connectivity index (χ2v) is 8.56. The lowest BCUT2D eigenvalue weighted by Gasteiger charge is -2.22. The summed E-state index contributed by atoms with van der Waals surface area (Å²) in [6.07, 6.45) is 1.45. The second-order valence-electron chi connectivity index (χ2n) is 6.62. The minimum Gasteiger partial charge on any atom is -0.497 e. The van der Waals surface area contributed by atoms with Gasteiger partial charge in [0, 0.05) is 24.7 Å². The van der Waals surface area contributed by atoms with Gasteiger partial charge in [-0.05, 0) is 24.3 Å². The first-order chi connectivity index (χ1) is 12.1. The Balaban J connectivity index is 2.52. The molecule has 0 aliphatic rings. The molecule has 1 aromatic carbocycles. The van der Waals surface area contributed by atoms with Gasteiger partial charge < -0.3 is 10.1 Å². The van der Waals surface area contributed by atoms with Crippen LogP contribution in [0, 0.1) is 5.41 Å². The van der Waals surface area contributed by atoms with Crippen LogP contribution in [-0.4, -0.2) is 38.7 Å². The van der Waals surface area contributed by atoms with E-state index in [1.807, 2.05) is 0 Å². The van der Waals surface area contributed by atoms with Crippen LogP contribution in [0.3, 0.4) is 0 Å². The summed E-state index contributed by atoms with van der Waals surface area (Å²) in [7, 11) is -1.14. The molecule has 1 aromatic heterocycles. The molecule has 1 N–H and O–H groups in total. The van der Waals surface area contributed by atoms with Gasteiger partial charge in [0.25, 0.3) is 10.0 Å². The SMILES string of the molecule is COc1ccc(S(=O)(=O)N(C)c2cccnn2)c(NC(=O)C(C)(C)C)c1. The lowest BCUT2D eigenvalue weighted by atomic mass is 9.95. The summed E-state index contributed by atoms with van der Waals surface area (Å²) in [5.41, 5.74) is -0.555. The standard InChI is InChI=1S/C17H22N4O4S/c1-17(2,3)16(22)19-13-11-12(25-5)8-9-14(13)26(23,24)21(4)15-7-6-10-18-20-15/h6-11H,1-5H3,(H,19,22). The van der Waals surface area contributed by atoms with Crippen LogP contribution in [0.25, 0.3) is 0 Å². The lowest BCUT2D eigenvalue weighted by molar-refractivity contribution is -0.123. The van der Waals surface area contributed by atoms with Crippen LogP contribution in [0.15, 0.2) is 41.4 Å². The number of sulfonamides is 1. The molecule has 0 aliphatic carbocycles. The molecule has 140 valence electrons. The van der Waals surface area contributed by atoms with Crippen LogP contribution < -0.4 is 14.4 Å². The molecule has 2 rings (SSSR count). The van der Waals surface area contributed by atoms with Crippen molar-refractivity contribution >= 4 is 27.4 Å². The molecule has 1 amide bonds.